The Kier molecular flexibility index (Phi) is 9.81. The van der Waals surface area contributed by atoms with Gasteiger partial charge in [0.1, 0.15) is 0 Å². The highest BCUT2D eigenvalue weighted by atomic mass is 32.2. The predicted molar refractivity (Wildman–Crippen MR) is 203 cm³/mol. The van der Waals surface area contributed by atoms with Crippen molar-refractivity contribution in [2.24, 2.45) is 45.3 Å². The number of nitrogens with one attached hydrogen (secondary N) is 1. The van der Waals surface area contributed by atoms with Crippen molar-refractivity contribution in [3.8, 4) is 0 Å². The summed E-state index contributed by atoms with van der Waals surface area (Å²) in [5.41, 5.74) is 1.94. The van der Waals surface area contributed by atoms with E-state index >= 15 is 0 Å². The minimum absolute atomic E-state index is 0.0157. The first-order valence-corrected chi connectivity index (χ1v) is 22.0. The maximum absolute atomic E-state index is 14.0. The van der Waals surface area contributed by atoms with Gasteiger partial charge in [0, 0.05) is 50.7 Å². The molecule has 4 saturated carbocycles. The topological polar surface area (TPSA) is 107 Å². The van der Waals surface area contributed by atoms with E-state index in [-0.39, 0.29) is 56.1 Å². The van der Waals surface area contributed by atoms with E-state index < -0.39 is 33.9 Å². The van der Waals surface area contributed by atoms with Crippen LogP contribution in [0.15, 0.2) is 30.3 Å². The number of sulfone groups is 1. The fraction of sp³-hybridized carbons (Fsp3) is 0.762. The predicted octanol–water partition coefficient (Wildman–Crippen LogP) is 7.31. The van der Waals surface area contributed by atoms with Crippen molar-refractivity contribution in [1.82, 2.24) is 15.1 Å². The third-order valence-electron chi connectivity index (χ3n) is 16.8. The highest BCUT2D eigenvalue weighted by molar-refractivity contribution is 7.91. The van der Waals surface area contributed by atoms with Crippen LogP contribution in [0.2, 0.25) is 0 Å². The number of carboxylic acids is 1. The molecule has 1 saturated heterocycles. The lowest BCUT2D eigenvalue weighted by Gasteiger charge is -2.72. The summed E-state index contributed by atoms with van der Waals surface area (Å²) in [4.78, 5) is 27.6. The summed E-state index contributed by atoms with van der Waals surface area (Å²) in [6, 6.07) is 6.75. The Balaban J connectivity index is 1.18. The van der Waals surface area contributed by atoms with Crippen LogP contribution in [-0.2, 0) is 14.6 Å². The first-order valence-electron chi connectivity index (χ1n) is 20.2. The molecule has 0 bridgehead atoms. The average Bonchev–Trinajstić information content (AvgIpc) is 3.47. The van der Waals surface area contributed by atoms with Gasteiger partial charge in [0.15, 0.2) is 9.84 Å². The first-order chi connectivity index (χ1) is 25.1. The highest BCUT2D eigenvalue weighted by Gasteiger charge is 2.71. The third kappa shape index (κ3) is 6.18. The SMILES string of the molecule is CN(C(=O)C(F)(F)F)C1CCC2(NCCN3CCS(=O)(=O)CC3)CCC3(C)C(CCC4C5(C)CC=C(c6ccc(C(=O)O)cc6)C(C)(C)C5CCC43C)C12. The van der Waals surface area contributed by atoms with Gasteiger partial charge in [-0.2, -0.15) is 13.2 Å². The summed E-state index contributed by atoms with van der Waals surface area (Å²) in [5, 5.41) is 13.4. The maximum atomic E-state index is 14.0. The molecule has 9 atom stereocenters. The van der Waals surface area contributed by atoms with Gasteiger partial charge in [0.2, 0.25) is 0 Å². The molecule has 5 aliphatic carbocycles. The summed E-state index contributed by atoms with van der Waals surface area (Å²) >= 11 is 0. The fourth-order valence-electron chi connectivity index (χ4n) is 14.0. The smallest absolute Gasteiger partial charge is 0.471 e. The average molecular weight is 776 g/mol. The largest absolute Gasteiger partial charge is 0.478 e. The number of aromatic carboxylic acids is 1. The number of nitrogens with zero attached hydrogens (tertiary/aromatic N) is 2. The van der Waals surface area contributed by atoms with Crippen LogP contribution in [0.5, 0.6) is 0 Å². The fourth-order valence-corrected chi connectivity index (χ4v) is 15.3. The second-order valence-electron chi connectivity index (χ2n) is 19.2. The van der Waals surface area contributed by atoms with Gasteiger partial charge < -0.3 is 20.2 Å². The number of amides is 1. The molecule has 6 aliphatic rings. The van der Waals surface area contributed by atoms with Crippen molar-refractivity contribution in [3.05, 3.63) is 41.5 Å². The molecule has 0 spiro atoms. The summed E-state index contributed by atoms with van der Waals surface area (Å²) in [6.45, 7) is 14.4. The van der Waals surface area contributed by atoms with E-state index in [9.17, 15) is 36.3 Å². The van der Waals surface area contributed by atoms with E-state index in [0.717, 1.165) is 55.4 Å². The molecule has 9 unspecified atom stereocenters. The molecule has 1 heterocycles. The molecule has 7 rings (SSSR count). The standard InChI is InChI=1S/C42H60F3N3O5S/c1-37(2)29(27-7-9-28(10-8-27)35(49)50)13-16-38(3)32(37)15-17-40(5)33(38)12-11-30-34-31(47(6)36(51)42(43,44)45)14-18-41(34,20-19-39(30,40)4)46-21-22-48-23-25-54(52,53)26-24-48/h7-10,13,30-34,46H,11-12,14-26H2,1-6H3,(H,49,50). The molecular formula is C42H60F3N3O5S. The summed E-state index contributed by atoms with van der Waals surface area (Å²) < 4.78 is 66.1. The molecule has 5 fully saturated rings. The van der Waals surface area contributed by atoms with Crippen LogP contribution in [0.25, 0.3) is 5.57 Å². The lowest BCUT2D eigenvalue weighted by atomic mass is 9.33. The zero-order valence-electron chi connectivity index (χ0n) is 32.9. The Morgan fingerprint density at radius 1 is 0.907 bits per heavy atom. The quantitative estimate of drug-likeness (QED) is 0.300. The van der Waals surface area contributed by atoms with E-state index in [2.05, 4.69) is 50.9 Å². The van der Waals surface area contributed by atoms with Crippen LogP contribution >= 0.6 is 0 Å². The second-order valence-corrected chi connectivity index (χ2v) is 21.5. The number of fused-ring (bicyclic) bond motifs is 7. The molecule has 54 heavy (non-hydrogen) atoms. The first kappa shape index (κ1) is 39.8. The lowest BCUT2D eigenvalue weighted by molar-refractivity contribution is -0.222. The normalized spacial score (nSPS) is 40.0. The van der Waals surface area contributed by atoms with Gasteiger partial charge in [-0.15, -0.1) is 0 Å². The van der Waals surface area contributed by atoms with Crippen LogP contribution < -0.4 is 5.32 Å². The highest BCUT2D eigenvalue weighted by Crippen LogP contribution is 2.76. The molecule has 2 N–H and O–H groups in total. The van der Waals surface area contributed by atoms with Crippen molar-refractivity contribution in [2.45, 2.75) is 110 Å². The monoisotopic (exact) mass is 775 g/mol. The van der Waals surface area contributed by atoms with Gasteiger partial charge in [0.25, 0.3) is 0 Å². The zero-order chi connectivity index (χ0) is 39.3. The number of carbonyl (C=O) groups is 2. The molecule has 12 heteroatoms. The number of hydrogen-bond donors (Lipinski definition) is 2. The number of benzene rings is 1. The Morgan fingerprint density at radius 2 is 1.57 bits per heavy atom. The van der Waals surface area contributed by atoms with E-state index in [4.69, 9.17) is 0 Å². The third-order valence-corrected chi connectivity index (χ3v) is 18.4. The van der Waals surface area contributed by atoms with Gasteiger partial charge in [-0.05, 0) is 120 Å². The number of halogens is 3. The molecule has 0 radical (unpaired) electrons. The van der Waals surface area contributed by atoms with Crippen LogP contribution in [0.4, 0.5) is 13.2 Å². The van der Waals surface area contributed by atoms with Crippen molar-refractivity contribution >= 4 is 27.3 Å². The van der Waals surface area contributed by atoms with Crippen LogP contribution in [0, 0.1) is 45.3 Å². The van der Waals surface area contributed by atoms with E-state index in [0.29, 0.717) is 50.9 Å². The van der Waals surface area contributed by atoms with Crippen molar-refractivity contribution in [3.63, 3.8) is 0 Å². The van der Waals surface area contributed by atoms with Gasteiger partial charge in [-0.3, -0.25) is 4.79 Å². The lowest BCUT2D eigenvalue weighted by Crippen LogP contribution is -2.69. The number of carbonyl (C=O) groups excluding carboxylic acids is 1. The molecule has 0 aromatic heterocycles. The Labute approximate surface area is 319 Å². The molecule has 1 amide bonds. The van der Waals surface area contributed by atoms with Crippen molar-refractivity contribution < 1.29 is 36.3 Å². The molecule has 300 valence electrons. The maximum Gasteiger partial charge on any atom is 0.471 e. The van der Waals surface area contributed by atoms with E-state index in [1.54, 1.807) is 12.1 Å². The van der Waals surface area contributed by atoms with Gasteiger partial charge in [-0.1, -0.05) is 52.8 Å². The minimum atomic E-state index is -4.94. The van der Waals surface area contributed by atoms with Gasteiger partial charge in [0.05, 0.1) is 17.1 Å². The summed E-state index contributed by atoms with van der Waals surface area (Å²) in [6.07, 6.45) is 5.44. The molecule has 8 nitrogen and oxygen atoms in total. The van der Waals surface area contributed by atoms with E-state index in [1.165, 1.54) is 12.6 Å². The molecule has 1 aliphatic heterocycles. The van der Waals surface area contributed by atoms with Crippen molar-refractivity contribution in [1.29, 1.82) is 0 Å². The molecule has 1 aromatic rings. The number of hydrogen-bond acceptors (Lipinski definition) is 6. The molecular weight excluding hydrogens is 716 g/mol. The van der Waals surface area contributed by atoms with Crippen LogP contribution in [0.3, 0.4) is 0 Å². The van der Waals surface area contributed by atoms with Crippen molar-refractivity contribution in [2.75, 3.05) is 44.7 Å². The Hall–Kier alpha value is -2.44. The Morgan fingerprint density at radius 3 is 2.20 bits per heavy atom. The zero-order valence-corrected chi connectivity index (χ0v) is 33.7. The summed E-state index contributed by atoms with van der Waals surface area (Å²) in [5.74, 6) is -1.54. The molecule has 1 aromatic carbocycles. The number of rotatable bonds is 7. The van der Waals surface area contributed by atoms with Crippen LogP contribution in [-0.4, -0.2) is 97.7 Å². The van der Waals surface area contributed by atoms with Gasteiger partial charge in [-0.25, -0.2) is 13.2 Å². The second kappa shape index (κ2) is 13.3. The van der Waals surface area contributed by atoms with E-state index in [1.807, 2.05) is 12.1 Å². The Bertz CT molecular complexity index is 1780. The number of carboxylic acid groups (broad SMARTS) is 1. The number of allylic oxidation sites excluding steroid dienone is 2. The number of alkyl halides is 3. The van der Waals surface area contributed by atoms with Crippen LogP contribution in [0.1, 0.15) is 108 Å². The van der Waals surface area contributed by atoms with Gasteiger partial charge >= 0.3 is 18.1 Å². The minimum Gasteiger partial charge on any atom is -0.478 e. The summed E-state index contributed by atoms with van der Waals surface area (Å²) in [7, 11) is -1.64.